The van der Waals surface area contributed by atoms with E-state index in [1.165, 1.54) is 5.56 Å². The Balaban J connectivity index is 1.43. The molecule has 24 heavy (non-hydrogen) atoms. The zero-order valence-corrected chi connectivity index (χ0v) is 14.5. The first-order chi connectivity index (χ1) is 11.7. The Kier molecular flexibility index (Phi) is 5.83. The third-order valence-electron chi connectivity index (χ3n) is 4.40. The van der Waals surface area contributed by atoms with Crippen molar-refractivity contribution in [3.63, 3.8) is 0 Å². The lowest BCUT2D eigenvalue weighted by Crippen LogP contribution is -2.48. The number of piperazine rings is 1. The summed E-state index contributed by atoms with van der Waals surface area (Å²) in [6.07, 6.45) is 4.94. The van der Waals surface area contributed by atoms with Crippen molar-refractivity contribution in [2.24, 2.45) is 0 Å². The van der Waals surface area contributed by atoms with E-state index in [0.29, 0.717) is 6.42 Å². The number of carbonyl (C=O) groups is 1. The number of carbonyl (C=O) groups excluding carboxylic acids is 1. The highest BCUT2D eigenvalue weighted by Crippen LogP contribution is 2.14. The van der Waals surface area contributed by atoms with Crippen LogP contribution in [-0.4, -0.2) is 46.9 Å². The Morgan fingerprint density at radius 3 is 2.50 bits per heavy atom. The molecule has 1 aromatic carbocycles. The lowest BCUT2D eigenvalue weighted by Gasteiger charge is -2.34. The van der Waals surface area contributed by atoms with Crippen LogP contribution in [-0.2, 0) is 17.8 Å². The van der Waals surface area contributed by atoms with Gasteiger partial charge in [-0.05, 0) is 41.8 Å². The Hall–Kier alpha value is -1.91. The summed E-state index contributed by atoms with van der Waals surface area (Å²) < 4.78 is 0. The van der Waals surface area contributed by atoms with E-state index in [4.69, 9.17) is 11.6 Å². The molecule has 0 aliphatic carbocycles. The number of aryl methyl sites for hydroxylation is 1. The highest BCUT2D eigenvalue weighted by molar-refractivity contribution is 6.30. The van der Waals surface area contributed by atoms with Crippen LogP contribution in [0.4, 0.5) is 0 Å². The van der Waals surface area contributed by atoms with Gasteiger partial charge in [0, 0.05) is 56.6 Å². The van der Waals surface area contributed by atoms with Gasteiger partial charge in [0.05, 0.1) is 0 Å². The third kappa shape index (κ3) is 4.79. The molecular formula is C19H22ClN3O. The van der Waals surface area contributed by atoms with Crippen molar-refractivity contribution in [3.05, 3.63) is 64.9 Å². The number of rotatable bonds is 5. The molecule has 5 heteroatoms. The standard InChI is InChI=1S/C19H22ClN3O/c20-18-3-1-2-16(14-18)4-5-19(24)23-12-10-22(11-13-23)15-17-6-8-21-9-7-17/h1-3,6-9,14H,4-5,10-13,15H2. The Labute approximate surface area is 148 Å². The number of pyridine rings is 1. The fourth-order valence-electron chi connectivity index (χ4n) is 3.00. The van der Waals surface area contributed by atoms with Gasteiger partial charge in [-0.15, -0.1) is 0 Å². The minimum absolute atomic E-state index is 0.235. The van der Waals surface area contributed by atoms with Crippen LogP contribution in [0.1, 0.15) is 17.5 Å². The van der Waals surface area contributed by atoms with E-state index in [2.05, 4.69) is 9.88 Å². The van der Waals surface area contributed by atoms with Gasteiger partial charge in [0.15, 0.2) is 0 Å². The maximum atomic E-state index is 12.4. The number of halogens is 1. The van der Waals surface area contributed by atoms with Gasteiger partial charge in [-0.25, -0.2) is 0 Å². The van der Waals surface area contributed by atoms with E-state index >= 15 is 0 Å². The predicted octanol–water partition coefficient (Wildman–Crippen LogP) is 3.01. The third-order valence-corrected chi connectivity index (χ3v) is 4.63. The van der Waals surface area contributed by atoms with Crippen molar-refractivity contribution in [1.82, 2.24) is 14.8 Å². The van der Waals surface area contributed by atoms with Crippen LogP contribution in [0.3, 0.4) is 0 Å². The van der Waals surface area contributed by atoms with Crippen LogP contribution in [0.25, 0.3) is 0 Å². The Morgan fingerprint density at radius 2 is 1.79 bits per heavy atom. The number of benzene rings is 1. The fourth-order valence-corrected chi connectivity index (χ4v) is 3.22. The van der Waals surface area contributed by atoms with Crippen molar-refractivity contribution in [2.75, 3.05) is 26.2 Å². The van der Waals surface area contributed by atoms with Crippen molar-refractivity contribution in [1.29, 1.82) is 0 Å². The van der Waals surface area contributed by atoms with Gasteiger partial charge in [0.2, 0.25) is 5.91 Å². The quantitative estimate of drug-likeness (QED) is 0.837. The summed E-state index contributed by atoms with van der Waals surface area (Å²) in [5.41, 5.74) is 2.39. The summed E-state index contributed by atoms with van der Waals surface area (Å²) in [5.74, 6) is 0.235. The maximum absolute atomic E-state index is 12.4. The van der Waals surface area contributed by atoms with Gasteiger partial charge >= 0.3 is 0 Å². The minimum Gasteiger partial charge on any atom is -0.340 e. The largest absolute Gasteiger partial charge is 0.340 e. The van der Waals surface area contributed by atoms with E-state index in [1.54, 1.807) is 0 Å². The molecule has 0 saturated carbocycles. The van der Waals surface area contributed by atoms with Crippen LogP contribution in [0, 0.1) is 0 Å². The molecule has 1 aliphatic heterocycles. The number of amides is 1. The molecule has 1 amide bonds. The molecule has 0 spiro atoms. The summed E-state index contributed by atoms with van der Waals surface area (Å²) >= 11 is 5.99. The molecule has 1 saturated heterocycles. The molecule has 3 rings (SSSR count). The molecule has 126 valence electrons. The highest BCUT2D eigenvalue weighted by Gasteiger charge is 2.20. The first kappa shape index (κ1) is 16.9. The normalized spacial score (nSPS) is 15.5. The molecule has 0 N–H and O–H groups in total. The summed E-state index contributed by atoms with van der Waals surface area (Å²) in [7, 11) is 0. The van der Waals surface area contributed by atoms with E-state index in [9.17, 15) is 4.79 Å². The van der Waals surface area contributed by atoms with Crippen molar-refractivity contribution in [2.45, 2.75) is 19.4 Å². The molecule has 0 unspecified atom stereocenters. The Morgan fingerprint density at radius 1 is 1.04 bits per heavy atom. The number of hydrogen-bond acceptors (Lipinski definition) is 3. The smallest absolute Gasteiger partial charge is 0.222 e. The topological polar surface area (TPSA) is 36.4 Å². The van der Waals surface area contributed by atoms with Gasteiger partial charge in [0.1, 0.15) is 0 Å². The SMILES string of the molecule is O=C(CCc1cccc(Cl)c1)N1CCN(Cc2ccncc2)CC1. The van der Waals surface area contributed by atoms with E-state index in [0.717, 1.165) is 49.7 Å². The zero-order valence-electron chi connectivity index (χ0n) is 13.7. The van der Waals surface area contributed by atoms with Crippen molar-refractivity contribution < 1.29 is 4.79 Å². The zero-order chi connectivity index (χ0) is 16.8. The lowest BCUT2D eigenvalue weighted by atomic mass is 10.1. The first-order valence-electron chi connectivity index (χ1n) is 8.34. The van der Waals surface area contributed by atoms with Gasteiger partial charge in [-0.2, -0.15) is 0 Å². The van der Waals surface area contributed by atoms with Crippen LogP contribution < -0.4 is 0 Å². The molecule has 0 atom stereocenters. The van der Waals surface area contributed by atoms with Crippen LogP contribution >= 0.6 is 11.6 Å². The van der Waals surface area contributed by atoms with E-state index < -0.39 is 0 Å². The van der Waals surface area contributed by atoms with Gasteiger partial charge in [-0.3, -0.25) is 14.7 Å². The predicted molar refractivity (Wildman–Crippen MR) is 95.9 cm³/mol. The van der Waals surface area contributed by atoms with Crippen LogP contribution in [0.5, 0.6) is 0 Å². The lowest BCUT2D eigenvalue weighted by molar-refractivity contribution is -0.133. The van der Waals surface area contributed by atoms with E-state index in [-0.39, 0.29) is 5.91 Å². The monoisotopic (exact) mass is 343 g/mol. The molecule has 4 nitrogen and oxygen atoms in total. The van der Waals surface area contributed by atoms with Gasteiger partial charge < -0.3 is 4.90 Å². The van der Waals surface area contributed by atoms with Gasteiger partial charge in [-0.1, -0.05) is 23.7 Å². The molecule has 0 bridgehead atoms. The molecule has 0 radical (unpaired) electrons. The molecule has 1 aliphatic rings. The second kappa shape index (κ2) is 8.27. The average molecular weight is 344 g/mol. The second-order valence-corrected chi connectivity index (χ2v) is 6.58. The first-order valence-corrected chi connectivity index (χ1v) is 8.72. The summed E-state index contributed by atoms with van der Waals surface area (Å²) in [4.78, 5) is 20.8. The molecule has 2 aromatic rings. The number of hydrogen-bond donors (Lipinski definition) is 0. The summed E-state index contributed by atoms with van der Waals surface area (Å²) in [5, 5.41) is 0.727. The summed E-state index contributed by atoms with van der Waals surface area (Å²) in [6.45, 7) is 4.38. The van der Waals surface area contributed by atoms with Gasteiger partial charge in [0.25, 0.3) is 0 Å². The Bertz CT molecular complexity index is 669. The maximum Gasteiger partial charge on any atom is 0.222 e. The molecule has 1 aromatic heterocycles. The fraction of sp³-hybridized carbons (Fsp3) is 0.368. The summed E-state index contributed by atoms with van der Waals surface area (Å²) in [6, 6.07) is 11.8. The number of aromatic nitrogens is 1. The van der Waals surface area contributed by atoms with E-state index in [1.807, 2.05) is 53.7 Å². The average Bonchev–Trinajstić information content (AvgIpc) is 2.61. The second-order valence-electron chi connectivity index (χ2n) is 6.14. The number of nitrogens with zero attached hydrogens (tertiary/aromatic N) is 3. The van der Waals surface area contributed by atoms with Crippen molar-refractivity contribution in [3.8, 4) is 0 Å². The van der Waals surface area contributed by atoms with Crippen molar-refractivity contribution >= 4 is 17.5 Å². The van der Waals surface area contributed by atoms with Crippen LogP contribution in [0.2, 0.25) is 5.02 Å². The molecule has 1 fully saturated rings. The van der Waals surface area contributed by atoms with Crippen LogP contribution in [0.15, 0.2) is 48.8 Å². The highest BCUT2D eigenvalue weighted by atomic mass is 35.5. The molecular weight excluding hydrogens is 322 g/mol. The minimum atomic E-state index is 0.235. The molecule has 2 heterocycles.